The molecule has 4 heteroatoms. The van der Waals surface area contributed by atoms with Crippen molar-refractivity contribution in [3.8, 4) is 0 Å². The molecule has 0 aromatic rings. The van der Waals surface area contributed by atoms with Gasteiger partial charge in [0.1, 0.15) is 0 Å². The Bertz CT molecular complexity index is 191. The van der Waals surface area contributed by atoms with E-state index in [9.17, 15) is 0 Å². The summed E-state index contributed by atoms with van der Waals surface area (Å²) >= 11 is 0. The largest absolute Gasteiger partial charge is 0.416 e. The van der Waals surface area contributed by atoms with Crippen molar-refractivity contribution in [3.63, 3.8) is 0 Å². The van der Waals surface area contributed by atoms with Crippen LogP contribution in [0, 0.1) is 5.92 Å². The molecule has 1 aliphatic rings. The fourth-order valence-corrected chi connectivity index (χ4v) is 6.78. The molecule has 90 valence electrons. The summed E-state index contributed by atoms with van der Waals surface area (Å²) in [5.74, 6) is 0.603. The van der Waals surface area contributed by atoms with Crippen LogP contribution in [0.15, 0.2) is 0 Å². The van der Waals surface area contributed by atoms with E-state index >= 15 is 0 Å². The molecule has 0 saturated carbocycles. The molecule has 1 aliphatic heterocycles. The van der Waals surface area contributed by atoms with E-state index in [1.165, 1.54) is 18.9 Å². The highest BCUT2D eigenvalue weighted by Gasteiger charge is 2.41. The lowest BCUT2D eigenvalue weighted by atomic mass is 10.2. The van der Waals surface area contributed by atoms with Crippen molar-refractivity contribution >= 4 is 8.32 Å². The zero-order valence-electron chi connectivity index (χ0n) is 10.5. The summed E-state index contributed by atoms with van der Waals surface area (Å²) in [4.78, 5) is 0. The van der Waals surface area contributed by atoms with Crippen molar-refractivity contribution in [2.75, 3.05) is 6.61 Å². The molecule has 0 aromatic carbocycles. The predicted molar refractivity (Wildman–Crippen MR) is 67.0 cm³/mol. The van der Waals surface area contributed by atoms with Crippen LogP contribution in [0.25, 0.3) is 0 Å². The number of hydrogen-bond acceptors (Lipinski definition) is 3. The Kier molecular flexibility index (Phi) is 4.77. The third-order valence-corrected chi connectivity index (χ3v) is 7.63. The summed E-state index contributed by atoms with van der Waals surface area (Å²) in [6, 6.07) is 1.27. The third kappa shape index (κ3) is 3.55. The molecule has 15 heavy (non-hydrogen) atoms. The van der Waals surface area contributed by atoms with Gasteiger partial charge in [0.05, 0.1) is 6.17 Å². The summed E-state index contributed by atoms with van der Waals surface area (Å²) < 4.78 is 6.11. The monoisotopic (exact) mass is 230 g/mol. The first-order chi connectivity index (χ1) is 6.96. The second-order valence-electron chi connectivity index (χ2n) is 5.30. The summed E-state index contributed by atoms with van der Waals surface area (Å²) in [7, 11) is -1.58. The first kappa shape index (κ1) is 13.2. The molecule has 0 spiro atoms. The third-order valence-electron chi connectivity index (χ3n) is 3.27. The molecule has 1 fully saturated rings. The van der Waals surface area contributed by atoms with E-state index < -0.39 is 8.32 Å². The minimum absolute atomic E-state index is 0.0623. The molecule has 3 atom stereocenters. The smallest absolute Gasteiger partial charge is 0.206 e. The SMILES string of the molecule is CC(N)NC(C(C)C)[Si]1(C)CCCCO1. The van der Waals surface area contributed by atoms with E-state index in [4.69, 9.17) is 10.2 Å². The fraction of sp³-hybridized carbons (Fsp3) is 1.00. The summed E-state index contributed by atoms with van der Waals surface area (Å²) in [5.41, 5.74) is 6.34. The van der Waals surface area contributed by atoms with Crippen molar-refractivity contribution in [2.24, 2.45) is 11.7 Å². The van der Waals surface area contributed by atoms with Gasteiger partial charge >= 0.3 is 0 Å². The van der Waals surface area contributed by atoms with E-state index in [1.807, 2.05) is 6.92 Å². The Labute approximate surface area is 94.9 Å². The van der Waals surface area contributed by atoms with Gasteiger partial charge in [-0.3, -0.25) is 5.32 Å². The topological polar surface area (TPSA) is 47.3 Å². The van der Waals surface area contributed by atoms with Crippen LogP contribution in [0.1, 0.15) is 33.6 Å². The van der Waals surface area contributed by atoms with E-state index in [0.29, 0.717) is 11.6 Å². The maximum Gasteiger partial charge on any atom is 0.206 e. The summed E-state index contributed by atoms with van der Waals surface area (Å²) in [6.07, 6.45) is 2.62. The van der Waals surface area contributed by atoms with Crippen molar-refractivity contribution in [2.45, 2.75) is 58.0 Å². The highest BCUT2D eigenvalue weighted by atomic mass is 28.4. The minimum atomic E-state index is -1.58. The van der Waals surface area contributed by atoms with Crippen molar-refractivity contribution in [1.82, 2.24) is 5.32 Å². The Morgan fingerprint density at radius 3 is 2.33 bits per heavy atom. The van der Waals surface area contributed by atoms with E-state index in [2.05, 4.69) is 25.7 Å². The van der Waals surface area contributed by atoms with Gasteiger partial charge in [0.25, 0.3) is 0 Å². The van der Waals surface area contributed by atoms with Crippen molar-refractivity contribution in [1.29, 1.82) is 0 Å². The second kappa shape index (κ2) is 5.43. The van der Waals surface area contributed by atoms with E-state index in [0.717, 1.165) is 6.61 Å². The quantitative estimate of drug-likeness (QED) is 0.572. The molecular weight excluding hydrogens is 204 g/mol. The van der Waals surface area contributed by atoms with Gasteiger partial charge in [0, 0.05) is 12.3 Å². The van der Waals surface area contributed by atoms with Crippen LogP contribution >= 0.6 is 0 Å². The molecule has 3 N–H and O–H groups in total. The molecule has 3 nitrogen and oxygen atoms in total. The second-order valence-corrected chi connectivity index (χ2v) is 9.33. The van der Waals surface area contributed by atoms with Gasteiger partial charge in [0.2, 0.25) is 8.32 Å². The lowest BCUT2D eigenvalue weighted by Gasteiger charge is -2.41. The average molecular weight is 230 g/mol. The molecule has 0 aromatic heterocycles. The lowest BCUT2D eigenvalue weighted by Crippen LogP contribution is -2.62. The normalized spacial score (nSPS) is 31.6. The Morgan fingerprint density at radius 2 is 1.93 bits per heavy atom. The van der Waals surface area contributed by atoms with Crippen LogP contribution < -0.4 is 11.1 Å². The fourth-order valence-electron chi connectivity index (χ4n) is 2.56. The molecule has 0 radical (unpaired) electrons. The maximum atomic E-state index is 6.11. The molecule has 1 heterocycles. The van der Waals surface area contributed by atoms with Gasteiger partial charge in [0.15, 0.2) is 0 Å². The molecule has 0 bridgehead atoms. The lowest BCUT2D eigenvalue weighted by molar-refractivity contribution is 0.244. The Balaban J connectivity index is 2.67. The van der Waals surface area contributed by atoms with Crippen LogP contribution in [0.4, 0.5) is 0 Å². The van der Waals surface area contributed by atoms with Crippen LogP contribution in [0.3, 0.4) is 0 Å². The molecule has 3 unspecified atom stereocenters. The first-order valence-electron chi connectivity index (χ1n) is 6.11. The average Bonchev–Trinajstić information content (AvgIpc) is 2.14. The molecule has 1 rings (SSSR count). The predicted octanol–water partition coefficient (Wildman–Crippen LogP) is 1.83. The van der Waals surface area contributed by atoms with Crippen molar-refractivity contribution < 1.29 is 4.43 Å². The van der Waals surface area contributed by atoms with Crippen LogP contribution in [0.2, 0.25) is 12.6 Å². The van der Waals surface area contributed by atoms with E-state index in [1.54, 1.807) is 0 Å². The highest BCUT2D eigenvalue weighted by molar-refractivity contribution is 6.74. The van der Waals surface area contributed by atoms with Gasteiger partial charge in [-0.25, -0.2) is 0 Å². The van der Waals surface area contributed by atoms with Gasteiger partial charge in [-0.05, 0) is 31.9 Å². The zero-order chi connectivity index (χ0) is 11.5. The standard InChI is InChI=1S/C11H26N2OSi/c1-9(2)11(13-10(3)12)15(4)8-6-5-7-14-15/h9-11,13H,5-8,12H2,1-4H3. The minimum Gasteiger partial charge on any atom is -0.416 e. The summed E-state index contributed by atoms with van der Waals surface area (Å²) in [6.45, 7) is 9.83. The first-order valence-corrected chi connectivity index (χ1v) is 8.80. The number of nitrogens with one attached hydrogen (secondary N) is 1. The Morgan fingerprint density at radius 1 is 1.27 bits per heavy atom. The van der Waals surface area contributed by atoms with Gasteiger partial charge in [-0.15, -0.1) is 0 Å². The zero-order valence-corrected chi connectivity index (χ0v) is 11.5. The maximum absolute atomic E-state index is 6.11. The van der Waals surface area contributed by atoms with Crippen LogP contribution in [-0.2, 0) is 4.43 Å². The van der Waals surface area contributed by atoms with E-state index in [-0.39, 0.29) is 6.17 Å². The van der Waals surface area contributed by atoms with Crippen molar-refractivity contribution in [3.05, 3.63) is 0 Å². The van der Waals surface area contributed by atoms with Gasteiger partial charge < -0.3 is 10.2 Å². The molecule has 0 aliphatic carbocycles. The molecule has 0 amide bonds. The van der Waals surface area contributed by atoms with Gasteiger partial charge in [-0.1, -0.05) is 20.3 Å². The number of hydrogen-bond donors (Lipinski definition) is 2. The number of rotatable bonds is 4. The van der Waals surface area contributed by atoms with Gasteiger partial charge in [-0.2, -0.15) is 0 Å². The highest BCUT2D eigenvalue weighted by Crippen LogP contribution is 2.28. The van der Waals surface area contributed by atoms with Crippen LogP contribution in [-0.4, -0.2) is 26.8 Å². The Hall–Kier alpha value is 0.0969. The summed E-state index contributed by atoms with van der Waals surface area (Å²) in [5, 5.41) is 3.50. The van der Waals surface area contributed by atoms with Crippen LogP contribution in [0.5, 0.6) is 0 Å². The molecular formula is C11H26N2OSi. The number of nitrogens with two attached hydrogens (primary N) is 1. The molecule has 1 saturated heterocycles.